The van der Waals surface area contributed by atoms with Crippen LogP contribution in [0.4, 0.5) is 5.69 Å². The third kappa shape index (κ3) is 5.99. The minimum atomic E-state index is -1.40. The van der Waals surface area contributed by atoms with Crippen molar-refractivity contribution in [2.75, 3.05) is 19.0 Å². The molecular formula is C19H18Cl2N2O5. The molecule has 2 amide bonds. The number of carbonyl (C=O) groups excluding carboxylic acids is 3. The Morgan fingerprint density at radius 1 is 1.21 bits per heavy atom. The number of hydrogen-bond acceptors (Lipinski definition) is 5. The summed E-state index contributed by atoms with van der Waals surface area (Å²) in [6, 6.07) is 4.04. The van der Waals surface area contributed by atoms with Crippen molar-refractivity contribution in [3.63, 3.8) is 0 Å². The van der Waals surface area contributed by atoms with Gasteiger partial charge < -0.3 is 20.1 Å². The van der Waals surface area contributed by atoms with E-state index in [9.17, 15) is 14.4 Å². The summed E-state index contributed by atoms with van der Waals surface area (Å²) in [6.07, 6.45) is 7.23. The molecular weight excluding hydrogens is 407 g/mol. The van der Waals surface area contributed by atoms with Crippen molar-refractivity contribution in [3.05, 3.63) is 40.4 Å². The highest BCUT2D eigenvalue weighted by atomic mass is 35.5. The molecule has 0 saturated carbocycles. The fourth-order valence-corrected chi connectivity index (χ4v) is 3.15. The summed E-state index contributed by atoms with van der Waals surface area (Å²) in [5.41, 5.74) is 0.328. The van der Waals surface area contributed by atoms with Gasteiger partial charge in [0, 0.05) is 28.9 Å². The van der Waals surface area contributed by atoms with Crippen LogP contribution in [0.15, 0.2) is 30.4 Å². The van der Waals surface area contributed by atoms with Gasteiger partial charge in [0.25, 0.3) is 11.8 Å². The molecule has 148 valence electrons. The lowest BCUT2D eigenvalue weighted by molar-refractivity contribution is -0.146. The SMILES string of the molecule is C#CCOC(=O)[C@@H]1C=C[C@H](NC(=O)C(OC)C(=O)Nc2cc(Cl)cc(Cl)c2)C1. The maximum Gasteiger partial charge on any atom is 0.313 e. The van der Waals surface area contributed by atoms with Gasteiger partial charge >= 0.3 is 5.97 Å². The number of benzene rings is 1. The molecule has 0 spiro atoms. The van der Waals surface area contributed by atoms with Crippen LogP contribution in [0.25, 0.3) is 0 Å². The minimum absolute atomic E-state index is 0.111. The second-order valence-electron chi connectivity index (χ2n) is 5.92. The van der Waals surface area contributed by atoms with Gasteiger partial charge in [0.1, 0.15) is 0 Å². The Morgan fingerprint density at radius 3 is 2.50 bits per heavy atom. The third-order valence-corrected chi connectivity index (χ3v) is 4.29. The molecule has 0 aliphatic heterocycles. The molecule has 0 aromatic heterocycles. The van der Waals surface area contributed by atoms with Crippen LogP contribution in [-0.4, -0.2) is 43.6 Å². The number of hydrogen-bond donors (Lipinski definition) is 2. The van der Waals surface area contributed by atoms with Gasteiger partial charge in [-0.2, -0.15) is 0 Å². The monoisotopic (exact) mass is 424 g/mol. The van der Waals surface area contributed by atoms with Gasteiger partial charge in [-0.05, 0) is 24.6 Å². The van der Waals surface area contributed by atoms with E-state index in [2.05, 4.69) is 16.6 Å². The molecule has 0 bridgehead atoms. The topological polar surface area (TPSA) is 93.7 Å². The zero-order valence-electron chi connectivity index (χ0n) is 14.9. The molecule has 1 aliphatic rings. The summed E-state index contributed by atoms with van der Waals surface area (Å²) >= 11 is 11.8. The van der Waals surface area contributed by atoms with E-state index in [4.69, 9.17) is 39.1 Å². The average Bonchev–Trinajstić information content (AvgIpc) is 3.07. The number of rotatable bonds is 7. The van der Waals surface area contributed by atoms with Gasteiger partial charge in [0.15, 0.2) is 6.61 Å². The summed E-state index contributed by atoms with van der Waals surface area (Å²) in [5, 5.41) is 5.84. The highest BCUT2D eigenvalue weighted by Gasteiger charge is 2.31. The maximum atomic E-state index is 12.4. The lowest BCUT2D eigenvalue weighted by Gasteiger charge is -2.18. The number of nitrogens with one attached hydrogen (secondary N) is 2. The van der Waals surface area contributed by atoms with Gasteiger partial charge in [0.05, 0.1) is 5.92 Å². The van der Waals surface area contributed by atoms with Crippen LogP contribution < -0.4 is 10.6 Å². The van der Waals surface area contributed by atoms with E-state index < -0.39 is 35.8 Å². The number of halogens is 2. The number of esters is 1. The molecule has 1 aliphatic carbocycles. The van der Waals surface area contributed by atoms with Gasteiger partial charge in [-0.15, -0.1) is 6.42 Å². The Balaban J connectivity index is 1.93. The molecule has 0 heterocycles. The minimum Gasteiger partial charge on any atom is -0.452 e. The molecule has 0 fully saturated rings. The molecule has 0 saturated heterocycles. The van der Waals surface area contributed by atoms with Crippen LogP contribution >= 0.6 is 23.2 Å². The van der Waals surface area contributed by atoms with Crippen molar-refractivity contribution >= 4 is 46.7 Å². The van der Waals surface area contributed by atoms with Crippen molar-refractivity contribution in [1.82, 2.24) is 5.32 Å². The zero-order valence-corrected chi connectivity index (χ0v) is 16.4. The van der Waals surface area contributed by atoms with Crippen LogP contribution in [0.5, 0.6) is 0 Å². The Labute approximate surface area is 172 Å². The lowest BCUT2D eigenvalue weighted by Crippen LogP contribution is -2.47. The zero-order chi connectivity index (χ0) is 20.7. The average molecular weight is 425 g/mol. The fourth-order valence-electron chi connectivity index (χ4n) is 2.63. The van der Waals surface area contributed by atoms with Gasteiger partial charge in [0.2, 0.25) is 6.10 Å². The van der Waals surface area contributed by atoms with Crippen LogP contribution in [0, 0.1) is 18.3 Å². The van der Waals surface area contributed by atoms with Crippen molar-refractivity contribution < 1.29 is 23.9 Å². The molecule has 9 heteroatoms. The van der Waals surface area contributed by atoms with Crippen molar-refractivity contribution in [3.8, 4) is 12.3 Å². The van der Waals surface area contributed by atoms with E-state index in [1.54, 1.807) is 12.2 Å². The predicted molar refractivity (Wildman–Crippen MR) is 105 cm³/mol. The summed E-state index contributed by atoms with van der Waals surface area (Å²) in [7, 11) is 1.24. The summed E-state index contributed by atoms with van der Waals surface area (Å²) in [6.45, 7) is -0.111. The van der Waals surface area contributed by atoms with Gasteiger partial charge in [-0.1, -0.05) is 41.3 Å². The highest BCUT2D eigenvalue weighted by Crippen LogP contribution is 2.23. The van der Waals surface area contributed by atoms with Gasteiger partial charge in [-0.3, -0.25) is 14.4 Å². The number of anilines is 1. The summed E-state index contributed by atoms with van der Waals surface area (Å²) in [5.74, 6) is -0.109. The van der Waals surface area contributed by atoms with E-state index in [0.29, 0.717) is 22.2 Å². The summed E-state index contributed by atoms with van der Waals surface area (Å²) in [4.78, 5) is 36.6. The number of methoxy groups -OCH3 is 1. The standard InChI is InChI=1S/C19H18Cl2N2O5/c1-3-6-28-19(26)11-4-5-14(7-11)22-17(24)16(27-2)18(25)23-15-9-12(20)8-13(21)10-15/h1,4-5,8-11,14,16H,6-7H2,2H3,(H,22,24)(H,23,25)/t11-,14+,16?/m1/s1. The van der Waals surface area contributed by atoms with Crippen LogP contribution in [0.3, 0.4) is 0 Å². The maximum absolute atomic E-state index is 12.4. The van der Waals surface area contributed by atoms with E-state index in [1.807, 2.05) is 0 Å². The molecule has 1 aromatic carbocycles. The van der Waals surface area contributed by atoms with Crippen molar-refractivity contribution in [1.29, 1.82) is 0 Å². The van der Waals surface area contributed by atoms with Crippen LogP contribution in [0.1, 0.15) is 6.42 Å². The first-order valence-electron chi connectivity index (χ1n) is 8.22. The largest absolute Gasteiger partial charge is 0.452 e. The molecule has 7 nitrogen and oxygen atoms in total. The molecule has 28 heavy (non-hydrogen) atoms. The molecule has 1 unspecified atom stereocenters. The first-order chi connectivity index (χ1) is 13.3. The first-order valence-corrected chi connectivity index (χ1v) is 8.98. The smallest absolute Gasteiger partial charge is 0.313 e. The van der Waals surface area contributed by atoms with Crippen molar-refractivity contribution in [2.24, 2.45) is 5.92 Å². The third-order valence-electron chi connectivity index (χ3n) is 3.85. The molecule has 3 atom stereocenters. The van der Waals surface area contributed by atoms with Crippen LogP contribution in [0.2, 0.25) is 10.0 Å². The van der Waals surface area contributed by atoms with E-state index in [0.717, 1.165) is 0 Å². The quantitative estimate of drug-likeness (QED) is 0.302. The normalized spacial score (nSPS) is 18.8. The first kappa shape index (κ1) is 21.8. The number of ether oxygens (including phenoxy) is 2. The second-order valence-corrected chi connectivity index (χ2v) is 6.79. The Bertz CT molecular complexity index is 814. The summed E-state index contributed by atoms with van der Waals surface area (Å²) < 4.78 is 9.89. The predicted octanol–water partition coefficient (Wildman–Crippen LogP) is 2.18. The molecule has 1 aromatic rings. The highest BCUT2D eigenvalue weighted by molar-refractivity contribution is 6.35. The van der Waals surface area contributed by atoms with Crippen LogP contribution in [-0.2, 0) is 23.9 Å². The second kappa shape index (κ2) is 10.1. The molecule has 2 N–H and O–H groups in total. The Hall–Kier alpha value is -2.53. The molecule has 2 rings (SSSR count). The van der Waals surface area contributed by atoms with E-state index in [-0.39, 0.29) is 6.61 Å². The molecule has 0 radical (unpaired) electrons. The van der Waals surface area contributed by atoms with E-state index >= 15 is 0 Å². The van der Waals surface area contributed by atoms with Crippen molar-refractivity contribution in [2.45, 2.75) is 18.6 Å². The van der Waals surface area contributed by atoms with E-state index in [1.165, 1.54) is 25.3 Å². The number of carbonyl (C=O) groups is 3. The Morgan fingerprint density at radius 2 is 1.89 bits per heavy atom. The fraction of sp³-hybridized carbons (Fsp3) is 0.316. The van der Waals surface area contributed by atoms with Gasteiger partial charge in [-0.25, -0.2) is 0 Å². The Kier molecular flexibility index (Phi) is 7.88. The number of terminal acetylenes is 1. The number of amides is 2. The lowest BCUT2D eigenvalue weighted by atomic mass is 10.1.